The molecule has 0 rings (SSSR count). The van der Waals surface area contributed by atoms with Crippen LogP contribution in [0, 0.1) is 0 Å². The van der Waals surface area contributed by atoms with E-state index in [1.165, 1.54) is 44.9 Å². The van der Waals surface area contributed by atoms with E-state index in [0.29, 0.717) is 19.3 Å². The van der Waals surface area contributed by atoms with E-state index >= 15 is 0 Å². The average Bonchev–Trinajstić information content (AvgIpc) is 3.30. The van der Waals surface area contributed by atoms with Gasteiger partial charge in [0.25, 0.3) is 0 Å². The molecule has 0 heterocycles. The van der Waals surface area contributed by atoms with Crippen molar-refractivity contribution >= 4 is 25.7 Å². The molecule has 3 atom stereocenters. The molecular formula is C54H91O11P. The van der Waals surface area contributed by atoms with Crippen LogP contribution >= 0.6 is 7.82 Å². The summed E-state index contributed by atoms with van der Waals surface area (Å²) in [5, 5.41) is 9.76. The number of hydrogen-bond donors (Lipinski definition) is 2. The summed E-state index contributed by atoms with van der Waals surface area (Å²) in [6.45, 7) is 4.28. The summed E-state index contributed by atoms with van der Waals surface area (Å²) in [6.07, 6.45) is 52.9. The minimum atomic E-state index is -4.76. The summed E-state index contributed by atoms with van der Waals surface area (Å²) in [5.41, 5.74) is 0. The molecule has 0 spiro atoms. The van der Waals surface area contributed by atoms with Gasteiger partial charge in [-0.1, -0.05) is 189 Å². The maximum Gasteiger partial charge on any atom is 0.472 e. The number of phosphoric acid groups is 1. The lowest BCUT2D eigenvalue weighted by Gasteiger charge is -2.21. The van der Waals surface area contributed by atoms with Crippen LogP contribution in [0.2, 0.25) is 0 Å². The zero-order valence-corrected chi connectivity index (χ0v) is 42.3. The zero-order valence-electron chi connectivity index (χ0n) is 41.4. The first kappa shape index (κ1) is 62.7. The van der Waals surface area contributed by atoms with Crippen molar-refractivity contribution in [3.63, 3.8) is 0 Å². The first-order valence-corrected chi connectivity index (χ1v) is 27.0. The third kappa shape index (κ3) is 45.8. The van der Waals surface area contributed by atoms with Gasteiger partial charge in [0.15, 0.2) is 6.10 Å². The summed E-state index contributed by atoms with van der Waals surface area (Å²) in [7, 11) is -4.76. The number of ether oxygens (including phenoxy) is 3. The van der Waals surface area contributed by atoms with E-state index < -0.39 is 57.8 Å². The summed E-state index contributed by atoms with van der Waals surface area (Å²) in [6, 6.07) is 0. The highest BCUT2D eigenvalue weighted by atomic mass is 31.2. The van der Waals surface area contributed by atoms with Gasteiger partial charge in [0.1, 0.15) is 12.7 Å². The van der Waals surface area contributed by atoms with Gasteiger partial charge < -0.3 is 24.2 Å². The Kier molecular flexibility index (Phi) is 45.7. The minimum absolute atomic E-state index is 0.0989. The van der Waals surface area contributed by atoms with Crippen LogP contribution in [0.15, 0.2) is 85.1 Å². The highest BCUT2D eigenvalue weighted by molar-refractivity contribution is 7.47. The molecule has 0 bridgehead atoms. The Morgan fingerprint density at radius 3 is 1.27 bits per heavy atom. The van der Waals surface area contributed by atoms with Gasteiger partial charge in [0.2, 0.25) is 0 Å². The van der Waals surface area contributed by atoms with Crippen LogP contribution in [-0.2, 0) is 42.2 Å². The Bertz CT molecular complexity index is 1430. The number of rotatable bonds is 46. The van der Waals surface area contributed by atoms with Gasteiger partial charge >= 0.3 is 25.7 Å². The van der Waals surface area contributed by atoms with Crippen molar-refractivity contribution in [1.29, 1.82) is 0 Å². The lowest BCUT2D eigenvalue weighted by atomic mass is 10.1. The van der Waals surface area contributed by atoms with Gasteiger partial charge in [0, 0.05) is 19.3 Å². The maximum absolute atomic E-state index is 12.8. The quantitative estimate of drug-likeness (QED) is 0.0197. The van der Waals surface area contributed by atoms with Crippen LogP contribution in [-0.4, -0.2) is 66.5 Å². The standard InChI is InChI=1S/C54H91O11P/c1-4-7-10-13-16-19-22-24-25-27-30-33-36-39-42-45-54(58)65-51(47-61-52(56)43-40-37-34-31-29-26-23-20-17-14-11-8-5-2)49-63-66(59,60)62-48-50(46-55)64-53(57)44-41-38-35-32-28-21-18-15-12-9-6-3/h7-8,10-11,16-17,19-20,24-26,29,34,37,50-51,55H,4-6,9,12-15,18,21-23,27-28,30-33,35-36,38-49H2,1-3H3,(H,59,60)/b10-7-,11-8-,19-16-,20-17-,25-24-,29-26-,37-34-. The number of esters is 3. The van der Waals surface area contributed by atoms with Gasteiger partial charge in [0.05, 0.1) is 19.8 Å². The van der Waals surface area contributed by atoms with E-state index in [1.807, 2.05) is 12.2 Å². The van der Waals surface area contributed by atoms with E-state index in [-0.39, 0.29) is 25.9 Å². The SMILES string of the molecule is CC/C=C\C/C=C\C/C=C\C/C=C\CCC(=O)OCC(COP(=O)(O)OCC(CO)OC(=O)CCCCCCCCCCCCC)OC(=O)CCCCCCC/C=C\C/C=C\C/C=C\CC. The van der Waals surface area contributed by atoms with Crippen molar-refractivity contribution in [1.82, 2.24) is 0 Å². The lowest BCUT2D eigenvalue weighted by molar-refractivity contribution is -0.161. The molecule has 0 aliphatic heterocycles. The Balaban J connectivity index is 4.86. The van der Waals surface area contributed by atoms with Gasteiger partial charge in [-0.2, -0.15) is 0 Å². The number of allylic oxidation sites excluding steroid dienone is 14. The molecule has 0 saturated heterocycles. The first-order chi connectivity index (χ1) is 32.2. The molecule has 0 aliphatic rings. The number of carbonyl (C=O) groups is 3. The molecule has 0 radical (unpaired) electrons. The molecule has 11 nitrogen and oxygen atoms in total. The fraction of sp³-hybridized carbons (Fsp3) is 0.685. The van der Waals surface area contributed by atoms with E-state index in [4.69, 9.17) is 23.3 Å². The fourth-order valence-corrected chi connectivity index (χ4v) is 7.28. The number of hydrogen-bond acceptors (Lipinski definition) is 10. The van der Waals surface area contributed by atoms with Crippen LogP contribution in [0.4, 0.5) is 0 Å². The van der Waals surface area contributed by atoms with E-state index in [1.54, 1.807) is 0 Å². The number of aliphatic hydroxyl groups excluding tert-OH is 1. The summed E-state index contributed by atoms with van der Waals surface area (Å²) in [4.78, 5) is 48.2. The van der Waals surface area contributed by atoms with Crippen molar-refractivity contribution < 1.29 is 52.2 Å². The van der Waals surface area contributed by atoms with Gasteiger partial charge in [-0.15, -0.1) is 0 Å². The number of phosphoric ester groups is 1. The van der Waals surface area contributed by atoms with Crippen LogP contribution in [0.3, 0.4) is 0 Å². The maximum atomic E-state index is 12.8. The Labute approximate surface area is 400 Å². The number of unbranched alkanes of at least 4 members (excludes halogenated alkanes) is 15. The smallest absolute Gasteiger partial charge is 0.462 e. The normalized spacial score (nSPS) is 14.2. The zero-order chi connectivity index (χ0) is 48.4. The monoisotopic (exact) mass is 947 g/mol. The third-order valence-electron chi connectivity index (χ3n) is 10.3. The average molecular weight is 947 g/mol. The fourth-order valence-electron chi connectivity index (χ4n) is 6.50. The lowest BCUT2D eigenvalue weighted by Crippen LogP contribution is -2.30. The van der Waals surface area contributed by atoms with Crippen molar-refractivity contribution in [3.8, 4) is 0 Å². The van der Waals surface area contributed by atoms with Crippen LogP contribution < -0.4 is 0 Å². The van der Waals surface area contributed by atoms with Crippen LogP contribution in [0.1, 0.15) is 201 Å². The first-order valence-electron chi connectivity index (χ1n) is 25.5. The number of aliphatic hydroxyl groups is 1. The second-order valence-corrected chi connectivity index (χ2v) is 18.0. The summed E-state index contributed by atoms with van der Waals surface area (Å²) < 4.78 is 39.2. The molecule has 0 fully saturated rings. The highest BCUT2D eigenvalue weighted by Gasteiger charge is 2.28. The summed E-state index contributed by atoms with van der Waals surface area (Å²) >= 11 is 0. The molecule has 0 aromatic rings. The number of carbonyl (C=O) groups excluding carboxylic acids is 3. The molecular weight excluding hydrogens is 856 g/mol. The summed E-state index contributed by atoms with van der Waals surface area (Å²) in [5.74, 6) is -1.59. The Morgan fingerprint density at radius 1 is 0.439 bits per heavy atom. The van der Waals surface area contributed by atoms with Crippen molar-refractivity contribution in [2.45, 2.75) is 213 Å². The molecule has 12 heteroatoms. The molecule has 3 unspecified atom stereocenters. The molecule has 0 saturated carbocycles. The molecule has 66 heavy (non-hydrogen) atoms. The van der Waals surface area contributed by atoms with E-state index in [2.05, 4.69) is 93.7 Å². The highest BCUT2D eigenvalue weighted by Crippen LogP contribution is 2.43. The Hall–Kier alpha value is -3.34. The molecule has 2 N–H and O–H groups in total. The van der Waals surface area contributed by atoms with Crippen molar-refractivity contribution in [2.24, 2.45) is 0 Å². The van der Waals surface area contributed by atoms with Crippen LogP contribution in [0.5, 0.6) is 0 Å². The molecule has 0 aliphatic carbocycles. The van der Waals surface area contributed by atoms with Gasteiger partial charge in [-0.25, -0.2) is 4.57 Å². The topological polar surface area (TPSA) is 155 Å². The largest absolute Gasteiger partial charge is 0.472 e. The second kappa shape index (κ2) is 48.1. The third-order valence-corrected chi connectivity index (χ3v) is 11.3. The predicted octanol–water partition coefficient (Wildman–Crippen LogP) is 14.4. The second-order valence-electron chi connectivity index (χ2n) is 16.6. The van der Waals surface area contributed by atoms with Gasteiger partial charge in [-0.3, -0.25) is 23.4 Å². The molecule has 0 aromatic heterocycles. The van der Waals surface area contributed by atoms with Gasteiger partial charge in [-0.05, 0) is 77.0 Å². The van der Waals surface area contributed by atoms with Crippen molar-refractivity contribution in [2.75, 3.05) is 26.4 Å². The van der Waals surface area contributed by atoms with Crippen LogP contribution in [0.25, 0.3) is 0 Å². The predicted molar refractivity (Wildman–Crippen MR) is 270 cm³/mol. The van der Waals surface area contributed by atoms with Crippen molar-refractivity contribution in [3.05, 3.63) is 85.1 Å². The molecule has 0 amide bonds. The van der Waals surface area contributed by atoms with E-state index in [0.717, 1.165) is 96.3 Å². The molecule has 378 valence electrons. The minimum Gasteiger partial charge on any atom is -0.462 e. The Morgan fingerprint density at radius 2 is 0.818 bits per heavy atom. The van der Waals surface area contributed by atoms with E-state index in [9.17, 15) is 28.9 Å². The molecule has 0 aromatic carbocycles.